The Morgan fingerprint density at radius 3 is 2.67 bits per heavy atom. The van der Waals surface area contributed by atoms with Crippen molar-refractivity contribution in [3.05, 3.63) is 29.8 Å². The summed E-state index contributed by atoms with van der Waals surface area (Å²) in [5.41, 5.74) is 6.61. The Morgan fingerprint density at radius 2 is 2.05 bits per heavy atom. The predicted molar refractivity (Wildman–Crippen MR) is 74.1 cm³/mol. The molecule has 0 aliphatic carbocycles. The summed E-state index contributed by atoms with van der Waals surface area (Å²) in [4.78, 5) is 34.5. The van der Waals surface area contributed by atoms with Crippen LogP contribution in [-0.2, 0) is 20.8 Å². The smallest absolute Gasteiger partial charge is 0.249 e. The van der Waals surface area contributed by atoms with Crippen LogP contribution in [0.15, 0.2) is 24.3 Å². The molecule has 2 rings (SSSR count). The first-order valence-corrected chi connectivity index (χ1v) is 6.63. The Hall–Kier alpha value is -2.41. The lowest BCUT2D eigenvalue weighted by atomic mass is 10.0. The fourth-order valence-corrected chi connectivity index (χ4v) is 2.09. The van der Waals surface area contributed by atoms with E-state index in [4.69, 9.17) is 5.73 Å². The van der Waals surface area contributed by atoms with Crippen molar-refractivity contribution in [3.8, 4) is 5.75 Å². The van der Waals surface area contributed by atoms with Crippen LogP contribution >= 0.6 is 0 Å². The number of hydrogen-bond acceptors (Lipinski definition) is 5. The number of carbonyl (C=O) groups is 3. The number of aromatic hydroxyl groups is 1. The molecule has 7 heteroatoms. The highest BCUT2D eigenvalue weighted by Gasteiger charge is 2.29. The van der Waals surface area contributed by atoms with Gasteiger partial charge in [0, 0.05) is 6.42 Å². The number of phenols is 1. The number of rotatable bonds is 4. The number of nitrogens with two attached hydrogens (primary N) is 1. The lowest BCUT2D eigenvalue weighted by molar-refractivity contribution is -0.137. The van der Waals surface area contributed by atoms with Crippen molar-refractivity contribution in [2.75, 3.05) is 0 Å². The van der Waals surface area contributed by atoms with Crippen molar-refractivity contribution >= 4 is 17.7 Å². The number of benzene rings is 1. The molecule has 1 aromatic rings. The average Bonchev–Trinajstić information content (AvgIpc) is 2.44. The molecule has 0 bridgehead atoms. The van der Waals surface area contributed by atoms with Gasteiger partial charge in [-0.25, -0.2) is 0 Å². The van der Waals surface area contributed by atoms with E-state index in [2.05, 4.69) is 10.6 Å². The van der Waals surface area contributed by atoms with E-state index in [0.29, 0.717) is 6.42 Å². The summed E-state index contributed by atoms with van der Waals surface area (Å²) in [6.07, 6.45) is 0.769. The second-order valence-corrected chi connectivity index (χ2v) is 4.99. The first-order valence-electron chi connectivity index (χ1n) is 6.63. The monoisotopic (exact) mass is 291 g/mol. The lowest BCUT2D eigenvalue weighted by Gasteiger charge is -2.23. The van der Waals surface area contributed by atoms with Gasteiger partial charge in [-0.15, -0.1) is 0 Å². The van der Waals surface area contributed by atoms with E-state index < -0.39 is 23.9 Å². The number of piperidine rings is 1. The van der Waals surface area contributed by atoms with Crippen molar-refractivity contribution in [2.45, 2.75) is 31.3 Å². The highest BCUT2D eigenvalue weighted by molar-refractivity contribution is 6.02. The molecule has 0 radical (unpaired) electrons. The molecule has 21 heavy (non-hydrogen) atoms. The SMILES string of the molecule is NC(Cc1ccc(O)cc1)C(=O)NC1CCC(=O)NC1=O. The molecule has 1 aromatic carbocycles. The van der Waals surface area contributed by atoms with Gasteiger partial charge in [0.05, 0.1) is 6.04 Å². The van der Waals surface area contributed by atoms with Gasteiger partial charge in [0.1, 0.15) is 11.8 Å². The van der Waals surface area contributed by atoms with Crippen molar-refractivity contribution in [3.63, 3.8) is 0 Å². The van der Waals surface area contributed by atoms with Crippen LogP contribution in [-0.4, -0.2) is 34.9 Å². The molecule has 0 saturated carbocycles. The number of nitrogens with one attached hydrogen (secondary N) is 2. The van der Waals surface area contributed by atoms with E-state index in [-0.39, 0.29) is 24.5 Å². The van der Waals surface area contributed by atoms with E-state index in [9.17, 15) is 19.5 Å². The van der Waals surface area contributed by atoms with E-state index in [1.165, 1.54) is 12.1 Å². The standard InChI is InChI=1S/C14H17N3O4/c15-10(7-8-1-3-9(18)4-2-8)13(20)16-11-5-6-12(19)17-14(11)21/h1-4,10-11,18H,5-7,15H2,(H,16,20)(H,17,19,21). The van der Waals surface area contributed by atoms with Crippen LogP contribution in [0.5, 0.6) is 5.75 Å². The second kappa shape index (κ2) is 6.36. The van der Waals surface area contributed by atoms with Gasteiger partial charge in [0.25, 0.3) is 0 Å². The zero-order chi connectivity index (χ0) is 15.4. The normalized spacial score (nSPS) is 19.8. The largest absolute Gasteiger partial charge is 0.508 e. The first-order chi connectivity index (χ1) is 9.95. The zero-order valence-electron chi connectivity index (χ0n) is 11.3. The summed E-state index contributed by atoms with van der Waals surface area (Å²) >= 11 is 0. The van der Waals surface area contributed by atoms with E-state index in [1.807, 2.05) is 0 Å². The zero-order valence-corrected chi connectivity index (χ0v) is 11.3. The molecule has 1 aliphatic rings. The summed E-state index contributed by atoms with van der Waals surface area (Å²) in [5, 5.41) is 13.9. The number of phenolic OH excluding ortho intramolecular Hbond substituents is 1. The van der Waals surface area contributed by atoms with Crippen LogP contribution in [0.2, 0.25) is 0 Å². The minimum Gasteiger partial charge on any atom is -0.508 e. The highest BCUT2D eigenvalue weighted by Crippen LogP contribution is 2.11. The summed E-state index contributed by atoms with van der Waals surface area (Å²) in [5.74, 6) is -1.15. The third kappa shape index (κ3) is 4.03. The molecule has 7 nitrogen and oxygen atoms in total. The number of carbonyl (C=O) groups excluding carboxylic acids is 3. The highest BCUT2D eigenvalue weighted by atomic mass is 16.3. The second-order valence-electron chi connectivity index (χ2n) is 4.99. The van der Waals surface area contributed by atoms with Crippen LogP contribution in [0.1, 0.15) is 18.4 Å². The van der Waals surface area contributed by atoms with Crippen molar-refractivity contribution in [1.29, 1.82) is 0 Å². The van der Waals surface area contributed by atoms with Crippen LogP contribution < -0.4 is 16.4 Å². The third-order valence-electron chi connectivity index (χ3n) is 3.28. The molecule has 0 spiro atoms. The predicted octanol–water partition coefficient (Wildman–Crippen LogP) is -0.817. The molecule has 2 unspecified atom stereocenters. The van der Waals surface area contributed by atoms with Crippen molar-refractivity contribution in [1.82, 2.24) is 10.6 Å². The van der Waals surface area contributed by atoms with Crippen molar-refractivity contribution < 1.29 is 19.5 Å². The maximum atomic E-state index is 12.0. The van der Waals surface area contributed by atoms with Gasteiger partial charge in [-0.05, 0) is 30.5 Å². The average molecular weight is 291 g/mol. The van der Waals surface area contributed by atoms with Crippen LogP contribution in [0.3, 0.4) is 0 Å². The minimum absolute atomic E-state index is 0.139. The van der Waals surface area contributed by atoms with Gasteiger partial charge in [-0.1, -0.05) is 12.1 Å². The topological polar surface area (TPSA) is 122 Å². The minimum atomic E-state index is -0.806. The summed E-state index contributed by atoms with van der Waals surface area (Å²) in [6, 6.07) is 4.85. The maximum absolute atomic E-state index is 12.0. The van der Waals surface area contributed by atoms with Crippen LogP contribution in [0.25, 0.3) is 0 Å². The fraction of sp³-hybridized carbons (Fsp3) is 0.357. The molecule has 2 atom stereocenters. The van der Waals surface area contributed by atoms with Crippen LogP contribution in [0.4, 0.5) is 0 Å². The van der Waals surface area contributed by atoms with Gasteiger partial charge < -0.3 is 16.2 Å². The molecule has 112 valence electrons. The van der Waals surface area contributed by atoms with E-state index in [1.54, 1.807) is 12.1 Å². The Bertz CT molecular complexity index is 556. The van der Waals surface area contributed by atoms with E-state index in [0.717, 1.165) is 5.56 Å². The van der Waals surface area contributed by atoms with Gasteiger partial charge in [-0.3, -0.25) is 19.7 Å². The Morgan fingerprint density at radius 1 is 1.38 bits per heavy atom. The summed E-state index contributed by atoms with van der Waals surface area (Å²) < 4.78 is 0. The Kier molecular flexibility index (Phi) is 4.54. The number of amides is 3. The van der Waals surface area contributed by atoms with Gasteiger partial charge in [-0.2, -0.15) is 0 Å². The third-order valence-corrected chi connectivity index (χ3v) is 3.28. The number of imide groups is 1. The molecule has 1 saturated heterocycles. The quantitative estimate of drug-likeness (QED) is 0.540. The number of hydrogen-bond donors (Lipinski definition) is 4. The molecule has 3 amide bonds. The molecule has 1 aliphatic heterocycles. The molecule has 0 aromatic heterocycles. The Labute approximate surface area is 121 Å². The van der Waals surface area contributed by atoms with Gasteiger partial charge in [0.2, 0.25) is 17.7 Å². The van der Waals surface area contributed by atoms with E-state index >= 15 is 0 Å². The summed E-state index contributed by atoms with van der Waals surface area (Å²) in [7, 11) is 0. The van der Waals surface area contributed by atoms with Gasteiger partial charge >= 0.3 is 0 Å². The molecule has 1 fully saturated rings. The van der Waals surface area contributed by atoms with Gasteiger partial charge in [0.15, 0.2) is 0 Å². The van der Waals surface area contributed by atoms with Crippen LogP contribution in [0, 0.1) is 0 Å². The lowest BCUT2D eigenvalue weighted by Crippen LogP contribution is -2.55. The van der Waals surface area contributed by atoms with Crippen molar-refractivity contribution in [2.24, 2.45) is 5.73 Å². The first kappa shape index (κ1) is 15.0. The summed E-state index contributed by atoms with van der Waals surface area (Å²) in [6.45, 7) is 0. The molecular weight excluding hydrogens is 274 g/mol. The fourth-order valence-electron chi connectivity index (χ4n) is 2.09. The molecule has 1 heterocycles. The molecule has 5 N–H and O–H groups in total. The maximum Gasteiger partial charge on any atom is 0.249 e. The Balaban J connectivity index is 1.89. The molecular formula is C14H17N3O4.